The normalized spacial score (nSPS) is 11.2. The topological polar surface area (TPSA) is 101 Å². The van der Waals surface area contributed by atoms with Crippen LogP contribution in [0.5, 0.6) is 5.75 Å². The highest BCUT2D eigenvalue weighted by atomic mass is 19.1. The molecule has 1 amide bonds. The van der Waals surface area contributed by atoms with Gasteiger partial charge in [0, 0.05) is 30.3 Å². The number of amides is 1. The van der Waals surface area contributed by atoms with Gasteiger partial charge in [-0.3, -0.25) is 14.4 Å². The fourth-order valence-corrected chi connectivity index (χ4v) is 3.62. The number of carbonyl (C=O) groups excluding carboxylic acids is 2. The lowest BCUT2D eigenvalue weighted by Gasteiger charge is -2.22. The van der Waals surface area contributed by atoms with E-state index in [1.165, 1.54) is 10.5 Å². The summed E-state index contributed by atoms with van der Waals surface area (Å²) in [4.78, 5) is 38.5. The molecule has 7 nitrogen and oxygen atoms in total. The summed E-state index contributed by atoms with van der Waals surface area (Å²) in [5, 5.41) is 12.3. The van der Waals surface area contributed by atoms with E-state index in [0.717, 1.165) is 12.3 Å². The van der Waals surface area contributed by atoms with Gasteiger partial charge in [0.25, 0.3) is 5.91 Å². The number of halogens is 2. The number of hydrogen-bond donors (Lipinski definition) is 1. The van der Waals surface area contributed by atoms with Crippen LogP contribution in [0.25, 0.3) is 0 Å². The minimum Gasteiger partial charge on any atom is -0.483 e. The van der Waals surface area contributed by atoms with E-state index >= 15 is 0 Å². The Kier molecular flexibility index (Phi) is 8.74. The highest BCUT2D eigenvalue weighted by Gasteiger charge is 2.31. The fraction of sp³-hybridized carbons (Fsp3) is 0.185. The quantitative estimate of drug-likeness (QED) is 0.252. The van der Waals surface area contributed by atoms with Crippen LogP contribution in [0.4, 0.5) is 8.78 Å². The molecule has 1 aromatic heterocycles. The molecule has 1 heterocycles. The van der Waals surface area contributed by atoms with Gasteiger partial charge in [-0.1, -0.05) is 48.9 Å². The molecule has 3 aromatic rings. The molecule has 0 aliphatic carbocycles. The number of nitriles is 1. The second-order valence-corrected chi connectivity index (χ2v) is 8.51. The Bertz CT molecular complexity index is 1430. The first-order chi connectivity index (χ1) is 17.7. The summed E-state index contributed by atoms with van der Waals surface area (Å²) >= 11 is 0. The van der Waals surface area contributed by atoms with E-state index in [9.17, 15) is 28.4 Å². The molecule has 3 rings (SSSR count). The highest BCUT2D eigenvalue weighted by molar-refractivity contribution is 6.67. The fourth-order valence-electron chi connectivity index (χ4n) is 3.62. The van der Waals surface area contributed by atoms with Crippen LogP contribution in [0.3, 0.4) is 0 Å². The van der Waals surface area contributed by atoms with Gasteiger partial charge in [0.15, 0.2) is 12.0 Å². The van der Waals surface area contributed by atoms with Crippen molar-refractivity contribution < 1.29 is 23.1 Å². The van der Waals surface area contributed by atoms with Crippen molar-refractivity contribution in [3.8, 4) is 11.7 Å². The van der Waals surface area contributed by atoms with Gasteiger partial charge in [-0.05, 0) is 24.4 Å². The van der Waals surface area contributed by atoms with Crippen molar-refractivity contribution in [1.82, 2.24) is 9.79 Å². The molecule has 0 aliphatic rings. The summed E-state index contributed by atoms with van der Waals surface area (Å²) in [6.45, 7) is 5.92. The van der Waals surface area contributed by atoms with Crippen LogP contribution in [0.2, 0.25) is 5.82 Å². The standard InChI is InChI=1S/C27H24BF2N3O4/c1-17(2)18(3)28(16-31)33-13-22(27(36)32-12-20-9-10-21(29)11-23(20)30)25(35)26(24(33)14-34)37-15-19-7-5-4-6-8-19/h4-11,13-14,18H,1,12,15H2,2-3H3,(H,32,36). The van der Waals surface area contributed by atoms with Gasteiger partial charge in [-0.2, -0.15) is 0 Å². The number of nitrogens with zero attached hydrogens (tertiary/aromatic N) is 2. The van der Waals surface area contributed by atoms with Crippen LogP contribution in [0, 0.1) is 22.9 Å². The average molecular weight is 503 g/mol. The number of rotatable bonds is 10. The van der Waals surface area contributed by atoms with Crippen molar-refractivity contribution in [3.63, 3.8) is 0 Å². The van der Waals surface area contributed by atoms with Crippen molar-refractivity contribution in [2.45, 2.75) is 32.8 Å². The molecule has 0 aliphatic heterocycles. The highest BCUT2D eigenvalue weighted by Crippen LogP contribution is 2.24. The molecule has 2 aromatic carbocycles. The Morgan fingerprint density at radius 2 is 1.97 bits per heavy atom. The number of carbonyl (C=O) groups is 2. The third-order valence-electron chi connectivity index (χ3n) is 5.95. The lowest BCUT2D eigenvalue weighted by Crippen LogP contribution is -2.36. The van der Waals surface area contributed by atoms with E-state index in [4.69, 9.17) is 4.74 Å². The van der Waals surface area contributed by atoms with Crippen LogP contribution in [-0.2, 0) is 13.2 Å². The first-order valence-electron chi connectivity index (χ1n) is 11.4. The van der Waals surface area contributed by atoms with Gasteiger partial charge >= 0.3 is 6.85 Å². The van der Waals surface area contributed by atoms with Gasteiger partial charge in [0.2, 0.25) is 5.43 Å². The molecule has 37 heavy (non-hydrogen) atoms. The third-order valence-corrected chi connectivity index (χ3v) is 5.95. The maximum Gasteiger partial charge on any atom is 0.389 e. The van der Waals surface area contributed by atoms with Crippen LogP contribution >= 0.6 is 0 Å². The smallest absolute Gasteiger partial charge is 0.389 e. The molecule has 1 unspecified atom stereocenters. The van der Waals surface area contributed by atoms with E-state index in [1.54, 1.807) is 44.2 Å². The Morgan fingerprint density at radius 3 is 2.57 bits per heavy atom. The average Bonchev–Trinajstić information content (AvgIpc) is 2.88. The number of nitrogens with one attached hydrogen (secondary N) is 1. The molecule has 0 saturated heterocycles. The maximum atomic E-state index is 14.0. The number of aromatic nitrogens is 1. The largest absolute Gasteiger partial charge is 0.483 e. The van der Waals surface area contributed by atoms with E-state index in [2.05, 4.69) is 17.9 Å². The third kappa shape index (κ3) is 6.19. The second kappa shape index (κ2) is 11.9. The van der Waals surface area contributed by atoms with Crippen LogP contribution in [0.15, 0.2) is 71.7 Å². The predicted molar refractivity (Wildman–Crippen MR) is 135 cm³/mol. The molecule has 1 atom stereocenters. The van der Waals surface area contributed by atoms with Crippen molar-refractivity contribution >= 4 is 19.0 Å². The summed E-state index contributed by atoms with van der Waals surface area (Å²) in [6, 6.07) is 11.8. The van der Waals surface area contributed by atoms with E-state index in [0.29, 0.717) is 23.5 Å². The number of ether oxygens (including phenoxy) is 1. The monoisotopic (exact) mass is 503 g/mol. The first kappa shape index (κ1) is 27.1. The molecular weight excluding hydrogens is 479 g/mol. The number of allylic oxidation sites excluding steroid dienone is 1. The molecule has 10 heteroatoms. The number of benzene rings is 2. The van der Waals surface area contributed by atoms with Crippen molar-refractivity contribution in [2.75, 3.05) is 0 Å². The summed E-state index contributed by atoms with van der Waals surface area (Å²) < 4.78 is 34.2. The summed E-state index contributed by atoms with van der Waals surface area (Å²) in [6.07, 6.45) is 1.51. The number of hydrogen-bond acceptors (Lipinski definition) is 5. The molecule has 0 spiro atoms. The zero-order chi connectivity index (χ0) is 27.1. The van der Waals surface area contributed by atoms with Crippen LogP contribution < -0.4 is 15.5 Å². The zero-order valence-corrected chi connectivity index (χ0v) is 20.3. The molecule has 1 N–H and O–H groups in total. The van der Waals surface area contributed by atoms with Crippen LogP contribution in [-0.4, -0.2) is 23.5 Å². The van der Waals surface area contributed by atoms with E-state index in [-0.39, 0.29) is 24.4 Å². The summed E-state index contributed by atoms with van der Waals surface area (Å²) in [7, 11) is 0. The van der Waals surface area contributed by atoms with Gasteiger partial charge in [-0.15, -0.1) is 6.58 Å². The van der Waals surface area contributed by atoms with Crippen molar-refractivity contribution in [1.29, 1.82) is 5.26 Å². The Morgan fingerprint density at radius 1 is 1.27 bits per heavy atom. The molecule has 0 radical (unpaired) electrons. The summed E-state index contributed by atoms with van der Waals surface area (Å²) in [5.41, 5.74) is -0.130. The molecule has 0 bridgehead atoms. The van der Waals surface area contributed by atoms with Gasteiger partial charge < -0.3 is 14.5 Å². The second-order valence-electron chi connectivity index (χ2n) is 8.51. The van der Waals surface area contributed by atoms with Gasteiger partial charge in [0.1, 0.15) is 29.5 Å². The Labute approximate surface area is 213 Å². The van der Waals surface area contributed by atoms with Gasteiger partial charge in [-0.25, -0.2) is 14.0 Å². The Hall–Kier alpha value is -4.52. The molecule has 188 valence electrons. The minimum atomic E-state index is -0.988. The van der Waals surface area contributed by atoms with Gasteiger partial charge in [0.05, 0.1) is 0 Å². The lowest BCUT2D eigenvalue weighted by molar-refractivity contribution is 0.0947. The molecular formula is C27H24BF2N3O4. The van der Waals surface area contributed by atoms with E-state index < -0.39 is 46.9 Å². The van der Waals surface area contributed by atoms with E-state index in [1.807, 2.05) is 0 Å². The SMILES string of the molecule is C=C(C)C(C)B(C#N)n1cc(C(=O)NCc2ccc(F)cc2F)c(=O)c(OCc2ccccc2)c1C=O. The lowest BCUT2D eigenvalue weighted by atomic mass is 9.51. The zero-order valence-electron chi connectivity index (χ0n) is 20.3. The minimum absolute atomic E-state index is 0.00550. The maximum absolute atomic E-state index is 14.0. The number of aldehydes is 1. The van der Waals surface area contributed by atoms with Crippen LogP contribution in [0.1, 0.15) is 45.8 Å². The summed E-state index contributed by atoms with van der Waals surface area (Å²) in [5.74, 6) is -1.26. The first-order valence-corrected chi connectivity index (χ1v) is 11.4. The predicted octanol–water partition coefficient (Wildman–Crippen LogP) is 4.32. The van der Waals surface area contributed by atoms with Crippen molar-refractivity contribution in [3.05, 3.63) is 111 Å². The van der Waals surface area contributed by atoms with Crippen molar-refractivity contribution in [2.24, 2.45) is 0 Å². The molecule has 0 fully saturated rings. The Balaban J connectivity index is 2.08. The molecule has 0 saturated carbocycles. The number of pyridine rings is 1.